The van der Waals surface area contributed by atoms with E-state index in [2.05, 4.69) is 39.6 Å². The van der Waals surface area contributed by atoms with Crippen LogP contribution in [0.3, 0.4) is 0 Å². The number of nitrogens with one attached hydrogen (secondary N) is 2. The average Bonchev–Trinajstić information content (AvgIpc) is 3.38. The number of ether oxygens (including phenoxy) is 2. The van der Waals surface area contributed by atoms with Crippen LogP contribution in [0, 0.1) is 19.8 Å². The van der Waals surface area contributed by atoms with Crippen molar-refractivity contribution in [3.8, 4) is 11.5 Å². The maximum absolute atomic E-state index is 5.74. The second-order valence-electron chi connectivity index (χ2n) is 8.55. The number of rotatable bonds is 8. The topological polar surface area (TPSA) is 84.2 Å². The van der Waals surface area contributed by atoms with Crippen LogP contribution < -0.4 is 20.1 Å². The Balaban J connectivity index is 1.20. The molecule has 32 heavy (non-hydrogen) atoms. The molecule has 0 bridgehead atoms. The van der Waals surface area contributed by atoms with Crippen LogP contribution in [0.25, 0.3) is 0 Å². The summed E-state index contributed by atoms with van der Waals surface area (Å²) >= 11 is 0. The van der Waals surface area contributed by atoms with Crippen molar-refractivity contribution in [2.24, 2.45) is 10.9 Å². The van der Waals surface area contributed by atoms with Crippen molar-refractivity contribution in [3.05, 3.63) is 41.1 Å². The lowest BCUT2D eigenvalue weighted by molar-refractivity contribution is 0.166. The highest BCUT2D eigenvalue weighted by molar-refractivity contribution is 5.79. The number of oxazole rings is 1. The Hall–Kier alpha value is -2.74. The standard InChI is InChI=1S/C24H35N5O3/c1-4-25-24(26-10-7-19-5-6-21-22(13-19)31-16-30-21)27-14-20-8-11-29(12-9-20)15-23-28-17(2)18(3)32-23/h5-6,13,20H,4,7-12,14-16H2,1-3H3,(H2,25,26,27). The molecule has 0 atom stereocenters. The number of hydrogen-bond acceptors (Lipinski definition) is 6. The molecule has 2 aromatic rings. The highest BCUT2D eigenvalue weighted by atomic mass is 16.7. The maximum atomic E-state index is 5.74. The van der Waals surface area contributed by atoms with Gasteiger partial charge < -0.3 is 24.5 Å². The molecule has 8 heteroatoms. The Morgan fingerprint density at radius 2 is 1.97 bits per heavy atom. The number of hydrogen-bond donors (Lipinski definition) is 2. The molecular weight excluding hydrogens is 406 g/mol. The summed E-state index contributed by atoms with van der Waals surface area (Å²) < 4.78 is 16.6. The van der Waals surface area contributed by atoms with Gasteiger partial charge in [0.15, 0.2) is 17.5 Å². The van der Waals surface area contributed by atoms with E-state index in [1.165, 1.54) is 5.56 Å². The molecule has 1 fully saturated rings. The zero-order valence-electron chi connectivity index (χ0n) is 19.4. The number of piperidine rings is 1. The van der Waals surface area contributed by atoms with Gasteiger partial charge in [-0.25, -0.2) is 4.98 Å². The number of aryl methyl sites for hydroxylation is 2. The molecule has 2 aliphatic heterocycles. The molecule has 0 spiro atoms. The first-order chi connectivity index (χ1) is 15.6. The van der Waals surface area contributed by atoms with E-state index in [9.17, 15) is 0 Å². The molecule has 4 rings (SSSR count). The van der Waals surface area contributed by atoms with Crippen LogP contribution in [-0.4, -0.2) is 55.4 Å². The molecule has 0 radical (unpaired) electrons. The van der Waals surface area contributed by atoms with Gasteiger partial charge in [0.25, 0.3) is 0 Å². The highest BCUT2D eigenvalue weighted by Gasteiger charge is 2.21. The molecular formula is C24H35N5O3. The van der Waals surface area contributed by atoms with E-state index in [0.717, 1.165) is 93.3 Å². The molecule has 2 aliphatic rings. The molecule has 174 valence electrons. The van der Waals surface area contributed by atoms with Crippen molar-refractivity contribution in [1.82, 2.24) is 20.5 Å². The number of benzene rings is 1. The van der Waals surface area contributed by atoms with Gasteiger partial charge in [0.05, 0.1) is 12.2 Å². The molecule has 1 aromatic carbocycles. The quantitative estimate of drug-likeness (QED) is 0.481. The van der Waals surface area contributed by atoms with E-state index in [4.69, 9.17) is 18.9 Å². The average molecular weight is 442 g/mol. The third-order valence-corrected chi connectivity index (χ3v) is 6.13. The summed E-state index contributed by atoms with van der Waals surface area (Å²) in [5.74, 6) is 4.92. The fourth-order valence-corrected chi connectivity index (χ4v) is 4.11. The lowest BCUT2D eigenvalue weighted by atomic mass is 9.97. The summed E-state index contributed by atoms with van der Waals surface area (Å²) in [6, 6.07) is 6.13. The van der Waals surface area contributed by atoms with Crippen molar-refractivity contribution < 1.29 is 13.9 Å². The number of guanidine groups is 1. The van der Waals surface area contributed by atoms with Gasteiger partial charge in [-0.3, -0.25) is 9.89 Å². The highest BCUT2D eigenvalue weighted by Crippen LogP contribution is 2.32. The van der Waals surface area contributed by atoms with Crippen LogP contribution in [0.15, 0.2) is 27.6 Å². The van der Waals surface area contributed by atoms with Gasteiger partial charge in [0.1, 0.15) is 5.76 Å². The monoisotopic (exact) mass is 441 g/mol. The van der Waals surface area contributed by atoms with E-state index in [1.807, 2.05) is 19.9 Å². The molecule has 1 aromatic heterocycles. The molecule has 8 nitrogen and oxygen atoms in total. The summed E-state index contributed by atoms with van der Waals surface area (Å²) in [6.45, 7) is 11.8. The molecule has 0 unspecified atom stereocenters. The largest absolute Gasteiger partial charge is 0.454 e. The van der Waals surface area contributed by atoms with E-state index in [-0.39, 0.29) is 0 Å². The SMILES string of the molecule is CCNC(=NCC1CCN(Cc2nc(C)c(C)o2)CC1)NCCc1ccc2c(c1)OCO2. The predicted octanol–water partition coefficient (Wildman–Crippen LogP) is 3.03. The van der Waals surface area contributed by atoms with Crippen LogP contribution in [0.4, 0.5) is 0 Å². The van der Waals surface area contributed by atoms with E-state index in [1.54, 1.807) is 0 Å². The van der Waals surface area contributed by atoms with Gasteiger partial charge in [-0.2, -0.15) is 0 Å². The van der Waals surface area contributed by atoms with Crippen molar-refractivity contribution in [2.75, 3.05) is 39.5 Å². The van der Waals surface area contributed by atoms with Crippen LogP contribution in [0.2, 0.25) is 0 Å². The number of likely N-dealkylation sites (tertiary alicyclic amines) is 1. The van der Waals surface area contributed by atoms with Crippen LogP contribution in [0.5, 0.6) is 11.5 Å². The minimum absolute atomic E-state index is 0.312. The molecule has 1 saturated heterocycles. The summed E-state index contributed by atoms with van der Waals surface area (Å²) in [5, 5.41) is 6.82. The minimum atomic E-state index is 0.312. The van der Waals surface area contributed by atoms with Crippen molar-refractivity contribution in [2.45, 2.75) is 46.6 Å². The minimum Gasteiger partial charge on any atom is -0.454 e. The molecule has 2 N–H and O–H groups in total. The van der Waals surface area contributed by atoms with Gasteiger partial charge in [-0.15, -0.1) is 0 Å². The molecule has 0 amide bonds. The van der Waals surface area contributed by atoms with E-state index < -0.39 is 0 Å². The summed E-state index contributed by atoms with van der Waals surface area (Å²) in [4.78, 5) is 11.8. The Morgan fingerprint density at radius 3 is 2.72 bits per heavy atom. The fraction of sp³-hybridized carbons (Fsp3) is 0.583. The number of nitrogens with zero attached hydrogens (tertiary/aromatic N) is 3. The Kier molecular flexibility index (Phi) is 7.52. The first kappa shape index (κ1) is 22.5. The first-order valence-electron chi connectivity index (χ1n) is 11.7. The Labute approximate surface area is 190 Å². The first-order valence-corrected chi connectivity index (χ1v) is 11.7. The number of aromatic nitrogens is 1. The number of aliphatic imine (C=N–C) groups is 1. The van der Waals surface area contributed by atoms with E-state index >= 15 is 0 Å². The molecule has 3 heterocycles. The Morgan fingerprint density at radius 1 is 1.16 bits per heavy atom. The van der Waals surface area contributed by atoms with Crippen molar-refractivity contribution in [3.63, 3.8) is 0 Å². The maximum Gasteiger partial charge on any atom is 0.231 e. The van der Waals surface area contributed by atoms with Gasteiger partial charge in [-0.05, 0) is 76.7 Å². The van der Waals surface area contributed by atoms with Gasteiger partial charge in [-0.1, -0.05) is 6.07 Å². The second-order valence-corrected chi connectivity index (χ2v) is 8.55. The lowest BCUT2D eigenvalue weighted by Gasteiger charge is -2.30. The molecule has 0 aliphatic carbocycles. The third-order valence-electron chi connectivity index (χ3n) is 6.13. The van der Waals surface area contributed by atoms with E-state index in [0.29, 0.717) is 12.7 Å². The van der Waals surface area contributed by atoms with Crippen molar-refractivity contribution >= 4 is 5.96 Å². The third kappa shape index (κ3) is 5.94. The summed E-state index contributed by atoms with van der Waals surface area (Å²) in [6.07, 6.45) is 3.21. The molecule has 0 saturated carbocycles. The zero-order chi connectivity index (χ0) is 22.3. The van der Waals surface area contributed by atoms with Crippen LogP contribution in [-0.2, 0) is 13.0 Å². The number of fused-ring (bicyclic) bond motifs is 1. The summed E-state index contributed by atoms with van der Waals surface area (Å²) in [5.41, 5.74) is 2.22. The second kappa shape index (κ2) is 10.7. The predicted molar refractivity (Wildman–Crippen MR) is 124 cm³/mol. The normalized spacial score (nSPS) is 17.0. The smallest absolute Gasteiger partial charge is 0.231 e. The summed E-state index contributed by atoms with van der Waals surface area (Å²) in [7, 11) is 0. The Bertz CT molecular complexity index is 899. The van der Waals surface area contributed by atoms with Gasteiger partial charge in [0.2, 0.25) is 12.7 Å². The van der Waals surface area contributed by atoms with Gasteiger partial charge >= 0.3 is 0 Å². The van der Waals surface area contributed by atoms with Crippen LogP contribution in [0.1, 0.15) is 42.7 Å². The zero-order valence-corrected chi connectivity index (χ0v) is 19.4. The van der Waals surface area contributed by atoms with Crippen molar-refractivity contribution in [1.29, 1.82) is 0 Å². The fourth-order valence-electron chi connectivity index (χ4n) is 4.11. The van der Waals surface area contributed by atoms with Crippen LogP contribution >= 0.6 is 0 Å². The van der Waals surface area contributed by atoms with Gasteiger partial charge in [0, 0.05) is 19.6 Å². The lowest BCUT2D eigenvalue weighted by Crippen LogP contribution is -2.39.